The van der Waals surface area contributed by atoms with Gasteiger partial charge in [0, 0.05) is 31.3 Å². The van der Waals surface area contributed by atoms with Gasteiger partial charge in [0.05, 0.1) is 0 Å². The fraction of sp³-hybridized carbons (Fsp3) is 0.250. The van der Waals surface area contributed by atoms with Crippen LogP contribution in [0, 0.1) is 0 Å². The zero-order chi connectivity index (χ0) is 33.6. The van der Waals surface area contributed by atoms with Gasteiger partial charge in [-0.1, -0.05) is 74.5 Å². The van der Waals surface area contributed by atoms with Crippen molar-refractivity contribution >= 4 is 69.9 Å². The molecule has 0 heterocycles. The SMILES string of the molecule is CCc1cc2c(-c3ccc([S+](C)C)cc3)cccc2[cH-]1.CCc1cc2c(-c3ccc([S+](C)C)cc3)cccc2[cH-]1.C[Si]C.[Cl][Zr+2][Cl]. The van der Waals surface area contributed by atoms with Crippen LogP contribution in [0.5, 0.6) is 0 Å². The van der Waals surface area contributed by atoms with Gasteiger partial charge < -0.3 is 0 Å². The van der Waals surface area contributed by atoms with Gasteiger partial charge in [0.15, 0.2) is 9.79 Å². The topological polar surface area (TPSA) is 0 Å². The van der Waals surface area contributed by atoms with Crippen LogP contribution in [0.2, 0.25) is 13.1 Å². The van der Waals surface area contributed by atoms with Crippen LogP contribution in [0.1, 0.15) is 25.0 Å². The Balaban J connectivity index is 0.000000214. The number of rotatable bonds is 6. The summed E-state index contributed by atoms with van der Waals surface area (Å²) in [6.45, 7) is 8.73. The molecule has 0 aliphatic rings. The van der Waals surface area contributed by atoms with Crippen molar-refractivity contribution in [3.8, 4) is 22.3 Å². The molecule has 0 nitrogen and oxygen atoms in total. The van der Waals surface area contributed by atoms with Crippen molar-refractivity contribution in [2.24, 2.45) is 0 Å². The van der Waals surface area contributed by atoms with Crippen molar-refractivity contribution in [1.82, 2.24) is 0 Å². The molecule has 2 radical (unpaired) electrons. The van der Waals surface area contributed by atoms with Gasteiger partial charge in [-0.3, -0.25) is 0 Å². The van der Waals surface area contributed by atoms with Gasteiger partial charge in [0.25, 0.3) is 0 Å². The van der Waals surface area contributed by atoms with Crippen molar-refractivity contribution in [3.63, 3.8) is 0 Å². The molecule has 0 unspecified atom stereocenters. The maximum absolute atomic E-state index is 4.93. The number of fused-ring (bicyclic) bond motifs is 2. The van der Waals surface area contributed by atoms with Gasteiger partial charge in [-0.05, 0) is 48.2 Å². The van der Waals surface area contributed by atoms with Crippen LogP contribution in [0.4, 0.5) is 0 Å². The predicted molar refractivity (Wildman–Crippen MR) is 213 cm³/mol. The molecule has 238 valence electrons. The first-order chi connectivity index (χ1) is 22.2. The quantitative estimate of drug-likeness (QED) is 0.0897. The van der Waals surface area contributed by atoms with Crippen molar-refractivity contribution in [3.05, 3.63) is 120 Å². The first-order valence-electron chi connectivity index (χ1n) is 15.5. The summed E-state index contributed by atoms with van der Waals surface area (Å²) in [5, 5.41) is 5.47. The van der Waals surface area contributed by atoms with Gasteiger partial charge in [-0.25, -0.2) is 0 Å². The zero-order valence-electron chi connectivity index (χ0n) is 28.4. The fourth-order valence-corrected chi connectivity index (χ4v) is 6.68. The number of aryl methyl sites for hydroxylation is 2. The molecule has 46 heavy (non-hydrogen) atoms. The van der Waals surface area contributed by atoms with E-state index in [0.717, 1.165) is 22.4 Å². The van der Waals surface area contributed by atoms with Gasteiger partial charge in [-0.15, -0.1) is 69.1 Å². The van der Waals surface area contributed by atoms with Crippen molar-refractivity contribution in [2.45, 2.75) is 49.6 Å². The number of halogens is 2. The monoisotopic (exact) mass is 778 g/mol. The molecule has 0 aliphatic heterocycles. The Bertz CT molecular complexity index is 1620. The summed E-state index contributed by atoms with van der Waals surface area (Å²) in [6, 6.07) is 40.6. The van der Waals surface area contributed by atoms with E-state index in [9.17, 15) is 0 Å². The number of hydrogen-bond donors (Lipinski definition) is 0. The first kappa shape index (κ1) is 38.9. The summed E-state index contributed by atoms with van der Waals surface area (Å²) in [7, 11) is 11.6. The van der Waals surface area contributed by atoms with Gasteiger partial charge in [-0.2, -0.15) is 12.1 Å². The number of hydrogen-bond acceptors (Lipinski definition) is 0. The van der Waals surface area contributed by atoms with E-state index in [1.807, 2.05) is 0 Å². The Hall–Kier alpha value is -1.52. The predicted octanol–water partition coefficient (Wildman–Crippen LogP) is 12.2. The molecule has 0 aromatic heterocycles. The van der Waals surface area contributed by atoms with Crippen molar-refractivity contribution in [1.29, 1.82) is 0 Å². The molecule has 0 spiro atoms. The van der Waals surface area contributed by atoms with Crippen LogP contribution in [0.25, 0.3) is 43.8 Å². The zero-order valence-corrected chi connectivity index (χ0v) is 35.0. The van der Waals surface area contributed by atoms with Gasteiger partial charge >= 0.3 is 37.9 Å². The Morgan fingerprint density at radius 2 is 0.913 bits per heavy atom. The Morgan fingerprint density at radius 3 is 1.20 bits per heavy atom. The van der Waals surface area contributed by atoms with Crippen LogP contribution in [-0.2, 0) is 55.5 Å². The Labute approximate surface area is 305 Å². The molecule has 6 aromatic rings. The molecule has 0 aliphatic carbocycles. The second-order valence-corrected chi connectivity index (χ2v) is 20.2. The van der Waals surface area contributed by atoms with E-state index in [0.29, 0.717) is 21.8 Å². The van der Waals surface area contributed by atoms with Crippen LogP contribution in [0.15, 0.2) is 119 Å². The van der Waals surface area contributed by atoms with E-state index in [1.54, 1.807) is 0 Å². The molecule has 0 atom stereocenters. The van der Waals surface area contributed by atoms with E-state index >= 15 is 0 Å². The molecular formula is C40H46Cl2S2SiZr+2. The van der Waals surface area contributed by atoms with Crippen molar-refractivity contribution in [2.75, 3.05) is 25.0 Å². The van der Waals surface area contributed by atoms with Crippen molar-refractivity contribution < 1.29 is 20.8 Å². The minimum absolute atomic E-state index is 0.332. The fourth-order valence-electron chi connectivity index (χ4n) is 5.32. The van der Waals surface area contributed by atoms with E-state index in [4.69, 9.17) is 17.0 Å². The van der Waals surface area contributed by atoms with Crippen LogP contribution in [0.3, 0.4) is 0 Å². The van der Waals surface area contributed by atoms with Gasteiger partial charge in [0.2, 0.25) is 0 Å². The van der Waals surface area contributed by atoms with E-state index < -0.39 is 20.8 Å². The Kier molecular flexibility index (Phi) is 17.0. The summed E-state index contributed by atoms with van der Waals surface area (Å²) in [5.41, 5.74) is 8.18. The molecule has 0 N–H and O–H groups in total. The molecule has 0 amide bonds. The normalized spacial score (nSPS) is 10.5. The summed E-state index contributed by atoms with van der Waals surface area (Å²) in [5.74, 6) is 0. The van der Waals surface area contributed by atoms with E-state index in [2.05, 4.69) is 161 Å². The standard InChI is InChI=1S/2C19H20S.C2H6Si.2ClH.Zr/c2*1-4-14-12-16-6-5-7-18(19(16)13-14)15-8-10-17(11-9-15)20(2)3;1-3-2;;;/h2*5-13H,4H2,1-3H3;1-2H3;2*1H;/q;;;;;+4/p-2. The summed E-state index contributed by atoms with van der Waals surface area (Å²) in [6.07, 6.45) is 11.3. The van der Waals surface area contributed by atoms with E-state index in [-0.39, 0.29) is 0 Å². The summed E-state index contributed by atoms with van der Waals surface area (Å²) in [4.78, 5) is 2.86. The molecule has 0 saturated heterocycles. The molecule has 0 saturated carbocycles. The Morgan fingerprint density at radius 1 is 0.587 bits per heavy atom. The second kappa shape index (κ2) is 20.1. The van der Waals surface area contributed by atoms with Gasteiger partial charge in [0.1, 0.15) is 25.0 Å². The third-order valence-electron chi connectivity index (χ3n) is 7.71. The van der Waals surface area contributed by atoms with E-state index in [1.165, 1.54) is 64.7 Å². The third-order valence-corrected chi connectivity index (χ3v) is 10.1. The van der Waals surface area contributed by atoms with Crippen LogP contribution in [-0.4, -0.2) is 34.5 Å². The molecule has 0 bridgehead atoms. The average molecular weight is 781 g/mol. The van der Waals surface area contributed by atoms with Crippen LogP contribution >= 0.6 is 17.0 Å². The maximum atomic E-state index is 4.93. The summed E-state index contributed by atoms with van der Waals surface area (Å²) < 4.78 is 0. The molecular weight excluding hydrogens is 735 g/mol. The summed E-state index contributed by atoms with van der Waals surface area (Å²) >= 11 is -0.826. The second-order valence-electron chi connectivity index (χ2n) is 11.3. The average Bonchev–Trinajstić information content (AvgIpc) is 3.70. The molecule has 6 aromatic carbocycles. The van der Waals surface area contributed by atoms with Crippen LogP contribution < -0.4 is 0 Å². The molecule has 6 rings (SSSR count). The third kappa shape index (κ3) is 10.7. The first-order valence-corrected chi connectivity index (χ1v) is 27.9. The molecule has 0 fully saturated rings. The molecule has 6 heteroatoms. The number of benzene rings is 4. The minimum atomic E-state index is -0.826.